The fourth-order valence-corrected chi connectivity index (χ4v) is 3.74. The first kappa shape index (κ1) is 24.8. The summed E-state index contributed by atoms with van der Waals surface area (Å²) in [6.07, 6.45) is 0. The summed E-state index contributed by atoms with van der Waals surface area (Å²) < 4.78 is 13.1. The van der Waals surface area contributed by atoms with Gasteiger partial charge in [-0.3, -0.25) is 0 Å². The Balaban J connectivity index is 0.00000306. The van der Waals surface area contributed by atoms with Crippen LogP contribution in [0, 0.1) is 6.92 Å². The van der Waals surface area contributed by atoms with E-state index in [1.165, 1.54) is 5.56 Å². The number of para-hydroxylation sites is 1. The van der Waals surface area contributed by atoms with Crippen LogP contribution in [0.1, 0.15) is 35.6 Å². The molecule has 9 heteroatoms. The maximum Gasteiger partial charge on any atom is 0.192 e. The van der Waals surface area contributed by atoms with Crippen LogP contribution in [-0.2, 0) is 20.1 Å². The van der Waals surface area contributed by atoms with Crippen LogP contribution in [0.4, 0.5) is 0 Å². The van der Waals surface area contributed by atoms with Gasteiger partial charge in [-0.1, -0.05) is 30.3 Å². The van der Waals surface area contributed by atoms with Crippen LogP contribution >= 0.6 is 24.0 Å². The summed E-state index contributed by atoms with van der Waals surface area (Å²) in [5, 5.41) is 15.4. The van der Waals surface area contributed by atoms with E-state index in [4.69, 9.17) is 14.5 Å². The van der Waals surface area contributed by atoms with Gasteiger partial charge in [-0.25, -0.2) is 4.99 Å². The molecule has 0 fully saturated rings. The standard InChI is InChI=1S/C24H30N6O2.HI/c1-16(21-15-32-22-8-6-5-7-20(21)22)27-24(26-14-23-29-28-17(2)30(23)3)25-13-18-9-11-19(31-4)12-10-18;/h5-12,16,21H,13-15H2,1-4H3,(H2,25,26,27);1H. The number of hydrogen-bond donors (Lipinski definition) is 2. The monoisotopic (exact) mass is 562 g/mol. The van der Waals surface area contributed by atoms with Crippen molar-refractivity contribution in [3.8, 4) is 11.5 Å². The minimum atomic E-state index is 0. The van der Waals surface area contributed by atoms with E-state index in [2.05, 4.69) is 39.9 Å². The van der Waals surface area contributed by atoms with E-state index in [0.717, 1.165) is 34.7 Å². The van der Waals surface area contributed by atoms with E-state index in [1.807, 2.05) is 54.9 Å². The number of aromatic nitrogens is 3. The summed E-state index contributed by atoms with van der Waals surface area (Å²) in [5.74, 6) is 4.49. The fraction of sp³-hybridized carbons (Fsp3) is 0.375. The molecule has 0 amide bonds. The number of guanidine groups is 1. The smallest absolute Gasteiger partial charge is 0.192 e. The van der Waals surface area contributed by atoms with Crippen LogP contribution in [0.25, 0.3) is 0 Å². The van der Waals surface area contributed by atoms with Gasteiger partial charge >= 0.3 is 0 Å². The van der Waals surface area contributed by atoms with Gasteiger partial charge in [0.15, 0.2) is 11.8 Å². The molecule has 1 aliphatic rings. The Kier molecular flexibility index (Phi) is 8.54. The summed E-state index contributed by atoms with van der Waals surface area (Å²) in [6.45, 7) is 5.82. The Morgan fingerprint density at radius 2 is 1.97 bits per heavy atom. The maximum atomic E-state index is 5.88. The van der Waals surface area contributed by atoms with Crippen LogP contribution in [0.5, 0.6) is 11.5 Å². The van der Waals surface area contributed by atoms with E-state index in [9.17, 15) is 0 Å². The molecule has 2 aromatic carbocycles. The van der Waals surface area contributed by atoms with Crippen molar-refractivity contribution >= 4 is 29.9 Å². The molecule has 0 radical (unpaired) electrons. The first-order valence-electron chi connectivity index (χ1n) is 10.8. The number of nitrogens with zero attached hydrogens (tertiary/aromatic N) is 4. The molecule has 2 N–H and O–H groups in total. The largest absolute Gasteiger partial charge is 0.497 e. The molecule has 3 aromatic rings. The first-order chi connectivity index (χ1) is 15.5. The Bertz CT molecular complexity index is 1080. The molecule has 33 heavy (non-hydrogen) atoms. The van der Waals surface area contributed by atoms with Gasteiger partial charge in [-0.2, -0.15) is 0 Å². The molecule has 4 rings (SSSR count). The number of nitrogens with one attached hydrogen (secondary N) is 2. The number of methoxy groups -OCH3 is 1. The maximum absolute atomic E-state index is 5.88. The van der Waals surface area contributed by atoms with Gasteiger partial charge in [0.2, 0.25) is 0 Å². The second-order valence-electron chi connectivity index (χ2n) is 7.98. The minimum absolute atomic E-state index is 0. The molecular formula is C24H31IN6O2. The third-order valence-electron chi connectivity index (χ3n) is 5.88. The Morgan fingerprint density at radius 3 is 2.67 bits per heavy atom. The zero-order chi connectivity index (χ0) is 22.5. The number of ether oxygens (including phenoxy) is 2. The lowest BCUT2D eigenvalue weighted by Gasteiger charge is -2.23. The van der Waals surface area contributed by atoms with Crippen LogP contribution in [-0.4, -0.2) is 40.5 Å². The van der Waals surface area contributed by atoms with Crippen molar-refractivity contribution in [1.82, 2.24) is 25.4 Å². The lowest BCUT2D eigenvalue weighted by atomic mass is 9.94. The summed E-state index contributed by atoms with van der Waals surface area (Å²) >= 11 is 0. The Hall–Kier alpha value is -2.82. The van der Waals surface area contributed by atoms with Crippen LogP contribution < -0.4 is 20.1 Å². The number of halogens is 1. The highest BCUT2D eigenvalue weighted by atomic mass is 127. The normalized spacial score (nSPS) is 15.8. The number of aryl methyl sites for hydroxylation is 1. The molecule has 2 heterocycles. The predicted octanol–water partition coefficient (Wildman–Crippen LogP) is 3.55. The van der Waals surface area contributed by atoms with Crippen molar-refractivity contribution in [2.45, 2.75) is 38.9 Å². The third kappa shape index (κ3) is 5.95. The van der Waals surface area contributed by atoms with Gasteiger partial charge in [0, 0.05) is 24.6 Å². The van der Waals surface area contributed by atoms with Crippen molar-refractivity contribution in [1.29, 1.82) is 0 Å². The van der Waals surface area contributed by atoms with Gasteiger partial charge in [-0.05, 0) is 37.6 Å². The van der Waals surface area contributed by atoms with Crippen molar-refractivity contribution in [2.24, 2.45) is 12.0 Å². The molecule has 0 saturated carbocycles. The van der Waals surface area contributed by atoms with Gasteiger partial charge < -0.3 is 24.7 Å². The topological polar surface area (TPSA) is 85.6 Å². The summed E-state index contributed by atoms with van der Waals surface area (Å²) in [4.78, 5) is 4.82. The van der Waals surface area contributed by atoms with Crippen molar-refractivity contribution < 1.29 is 9.47 Å². The molecule has 0 bridgehead atoms. The van der Waals surface area contributed by atoms with E-state index in [0.29, 0.717) is 19.7 Å². The minimum Gasteiger partial charge on any atom is -0.497 e. The molecule has 1 aromatic heterocycles. The highest BCUT2D eigenvalue weighted by molar-refractivity contribution is 14.0. The average Bonchev–Trinajstić information content (AvgIpc) is 3.39. The van der Waals surface area contributed by atoms with E-state index >= 15 is 0 Å². The summed E-state index contributed by atoms with van der Waals surface area (Å²) in [7, 11) is 3.63. The van der Waals surface area contributed by atoms with Crippen LogP contribution in [0.2, 0.25) is 0 Å². The average molecular weight is 562 g/mol. The van der Waals surface area contributed by atoms with Crippen molar-refractivity contribution in [2.75, 3.05) is 13.7 Å². The molecule has 176 valence electrons. The van der Waals surface area contributed by atoms with Gasteiger partial charge in [0.1, 0.15) is 17.3 Å². The predicted molar refractivity (Wildman–Crippen MR) is 139 cm³/mol. The van der Waals surface area contributed by atoms with Crippen molar-refractivity contribution in [3.63, 3.8) is 0 Å². The number of fused-ring (bicyclic) bond motifs is 1. The van der Waals surface area contributed by atoms with E-state index < -0.39 is 0 Å². The van der Waals surface area contributed by atoms with Crippen LogP contribution in [0.3, 0.4) is 0 Å². The molecule has 0 aliphatic carbocycles. The molecule has 8 nitrogen and oxygen atoms in total. The fourth-order valence-electron chi connectivity index (χ4n) is 3.74. The molecule has 2 atom stereocenters. The Labute approximate surface area is 211 Å². The molecule has 1 aliphatic heterocycles. The number of aliphatic imine (C=N–C) groups is 1. The second kappa shape index (κ2) is 11.4. The van der Waals surface area contributed by atoms with Crippen LogP contribution in [0.15, 0.2) is 53.5 Å². The lowest BCUT2D eigenvalue weighted by Crippen LogP contribution is -2.45. The third-order valence-corrected chi connectivity index (χ3v) is 5.88. The van der Waals surface area contributed by atoms with E-state index in [-0.39, 0.29) is 35.9 Å². The zero-order valence-corrected chi connectivity index (χ0v) is 21.7. The van der Waals surface area contributed by atoms with Gasteiger partial charge in [0.05, 0.1) is 26.8 Å². The quantitative estimate of drug-likeness (QED) is 0.261. The second-order valence-corrected chi connectivity index (χ2v) is 7.98. The summed E-state index contributed by atoms with van der Waals surface area (Å²) in [6, 6.07) is 16.3. The Morgan fingerprint density at radius 1 is 1.21 bits per heavy atom. The SMILES string of the molecule is COc1ccc(CN=C(NCc2nnc(C)n2C)NC(C)C2COc3ccccc32)cc1.I. The first-order valence-corrected chi connectivity index (χ1v) is 10.8. The number of benzene rings is 2. The number of hydrogen-bond acceptors (Lipinski definition) is 5. The van der Waals surface area contributed by atoms with E-state index in [1.54, 1.807) is 7.11 Å². The highest BCUT2D eigenvalue weighted by Gasteiger charge is 2.29. The van der Waals surface area contributed by atoms with Gasteiger partial charge in [-0.15, -0.1) is 34.2 Å². The number of rotatable bonds is 7. The molecular weight excluding hydrogens is 531 g/mol. The molecule has 0 spiro atoms. The van der Waals surface area contributed by atoms with Crippen molar-refractivity contribution in [3.05, 3.63) is 71.3 Å². The zero-order valence-electron chi connectivity index (χ0n) is 19.4. The lowest BCUT2D eigenvalue weighted by molar-refractivity contribution is 0.312. The molecule has 0 saturated heterocycles. The van der Waals surface area contributed by atoms with Gasteiger partial charge in [0.25, 0.3) is 0 Å². The summed E-state index contributed by atoms with van der Waals surface area (Å²) in [5.41, 5.74) is 2.33. The molecule has 2 unspecified atom stereocenters. The highest BCUT2D eigenvalue weighted by Crippen LogP contribution is 2.35.